The van der Waals surface area contributed by atoms with Crippen molar-refractivity contribution >= 4 is 28.5 Å². The number of phenolic OH excluding ortho intramolecular Hbond substituents is 1. The standard InChI is InChI=1S/C19H16ClNO5/c20-12-5-8-14-15(10-12)21-18(24)16(17(14)23)19(25)26-9-1-2-11-3-6-13(22)7-4-11/h3-8,10,22H,1-2,9H2,(H2,21,23,24). The number of rotatable bonds is 5. The summed E-state index contributed by atoms with van der Waals surface area (Å²) in [4.78, 5) is 26.8. The van der Waals surface area contributed by atoms with Gasteiger partial charge in [0.05, 0.1) is 12.1 Å². The van der Waals surface area contributed by atoms with E-state index in [0.29, 0.717) is 28.8 Å². The van der Waals surface area contributed by atoms with Crippen molar-refractivity contribution in [1.82, 2.24) is 4.98 Å². The van der Waals surface area contributed by atoms with Crippen molar-refractivity contribution in [3.8, 4) is 11.5 Å². The highest BCUT2D eigenvalue weighted by molar-refractivity contribution is 6.31. The lowest BCUT2D eigenvalue weighted by Gasteiger charge is -2.08. The van der Waals surface area contributed by atoms with Gasteiger partial charge in [-0.3, -0.25) is 4.79 Å². The number of benzene rings is 2. The number of carbonyl (C=O) groups excluding carboxylic acids is 1. The molecule has 0 fully saturated rings. The number of H-pyrrole nitrogens is 1. The van der Waals surface area contributed by atoms with E-state index in [1.165, 1.54) is 12.1 Å². The Morgan fingerprint density at radius 3 is 2.58 bits per heavy atom. The smallest absolute Gasteiger partial charge is 0.347 e. The van der Waals surface area contributed by atoms with Crippen LogP contribution in [0.4, 0.5) is 0 Å². The number of nitrogens with one attached hydrogen (secondary N) is 1. The van der Waals surface area contributed by atoms with Gasteiger partial charge in [0.25, 0.3) is 5.56 Å². The highest BCUT2D eigenvalue weighted by atomic mass is 35.5. The zero-order chi connectivity index (χ0) is 18.7. The quantitative estimate of drug-likeness (QED) is 0.470. The SMILES string of the molecule is O=C(OCCCc1ccc(O)cc1)c1c(O)c2ccc(Cl)cc2[nH]c1=O. The van der Waals surface area contributed by atoms with Crippen molar-refractivity contribution in [2.24, 2.45) is 0 Å². The molecule has 0 radical (unpaired) electrons. The van der Waals surface area contributed by atoms with Crippen LogP contribution in [-0.4, -0.2) is 27.8 Å². The minimum Gasteiger partial charge on any atom is -0.508 e. The Kier molecular flexibility index (Phi) is 5.14. The van der Waals surface area contributed by atoms with Crippen molar-refractivity contribution in [1.29, 1.82) is 0 Å². The lowest BCUT2D eigenvalue weighted by atomic mass is 10.1. The second-order valence-electron chi connectivity index (χ2n) is 5.77. The topological polar surface area (TPSA) is 99.6 Å². The Balaban J connectivity index is 1.68. The second kappa shape index (κ2) is 7.49. The van der Waals surface area contributed by atoms with Crippen molar-refractivity contribution < 1.29 is 19.7 Å². The Labute approximate surface area is 153 Å². The normalized spacial score (nSPS) is 10.8. The number of aryl methyl sites for hydroxylation is 1. The van der Waals surface area contributed by atoms with E-state index in [1.54, 1.807) is 30.3 Å². The molecule has 3 N–H and O–H groups in total. The summed E-state index contributed by atoms with van der Waals surface area (Å²) in [5.74, 6) is -1.12. The van der Waals surface area contributed by atoms with E-state index in [4.69, 9.17) is 16.3 Å². The summed E-state index contributed by atoms with van der Waals surface area (Å²) in [6.07, 6.45) is 1.19. The van der Waals surface area contributed by atoms with E-state index in [1.807, 2.05) is 0 Å². The molecule has 26 heavy (non-hydrogen) atoms. The fourth-order valence-electron chi connectivity index (χ4n) is 2.62. The van der Waals surface area contributed by atoms with Gasteiger partial charge in [0, 0.05) is 10.4 Å². The molecule has 134 valence electrons. The summed E-state index contributed by atoms with van der Waals surface area (Å²) in [6.45, 7) is 0.0945. The first-order valence-electron chi connectivity index (χ1n) is 7.95. The Morgan fingerprint density at radius 1 is 1.12 bits per heavy atom. The van der Waals surface area contributed by atoms with Crippen LogP contribution in [-0.2, 0) is 11.2 Å². The fourth-order valence-corrected chi connectivity index (χ4v) is 2.79. The number of esters is 1. The predicted octanol–water partition coefficient (Wildman–Crippen LogP) is 3.38. The maximum atomic E-state index is 12.2. The average molecular weight is 374 g/mol. The van der Waals surface area contributed by atoms with Gasteiger partial charge in [-0.15, -0.1) is 0 Å². The first-order valence-corrected chi connectivity index (χ1v) is 8.33. The van der Waals surface area contributed by atoms with Gasteiger partial charge in [0.1, 0.15) is 11.5 Å². The largest absolute Gasteiger partial charge is 0.508 e. The molecule has 0 atom stereocenters. The number of aromatic amines is 1. The highest BCUT2D eigenvalue weighted by Gasteiger charge is 2.20. The number of fused-ring (bicyclic) bond motifs is 1. The lowest BCUT2D eigenvalue weighted by molar-refractivity contribution is 0.0495. The summed E-state index contributed by atoms with van der Waals surface area (Å²) in [5.41, 5.74) is 0.163. The molecule has 0 bridgehead atoms. The van der Waals surface area contributed by atoms with Crippen molar-refractivity contribution in [2.45, 2.75) is 12.8 Å². The number of pyridine rings is 1. The molecule has 0 spiro atoms. The van der Waals surface area contributed by atoms with Gasteiger partial charge in [0.15, 0.2) is 5.56 Å². The monoisotopic (exact) mass is 373 g/mol. The highest BCUT2D eigenvalue weighted by Crippen LogP contribution is 2.27. The molecule has 0 saturated carbocycles. The molecule has 0 aliphatic rings. The Bertz CT molecular complexity index is 1010. The molecule has 6 nitrogen and oxygen atoms in total. The summed E-state index contributed by atoms with van der Waals surface area (Å²) >= 11 is 5.86. The molecular formula is C19H16ClNO5. The summed E-state index contributed by atoms with van der Waals surface area (Å²) in [7, 11) is 0. The number of aromatic nitrogens is 1. The molecule has 0 saturated heterocycles. The fraction of sp³-hybridized carbons (Fsp3) is 0.158. The van der Waals surface area contributed by atoms with E-state index in [2.05, 4.69) is 4.98 Å². The molecule has 3 aromatic rings. The maximum absolute atomic E-state index is 12.2. The van der Waals surface area contributed by atoms with Crippen LogP contribution in [0.3, 0.4) is 0 Å². The number of phenols is 1. The van der Waals surface area contributed by atoms with Crippen LogP contribution in [0.5, 0.6) is 11.5 Å². The van der Waals surface area contributed by atoms with E-state index in [-0.39, 0.29) is 12.4 Å². The van der Waals surface area contributed by atoms with Crippen molar-refractivity contribution in [2.75, 3.05) is 6.61 Å². The number of halogens is 1. The summed E-state index contributed by atoms with van der Waals surface area (Å²) in [6, 6.07) is 11.3. The Hall–Kier alpha value is -2.99. The van der Waals surface area contributed by atoms with Gasteiger partial charge in [0.2, 0.25) is 0 Å². The van der Waals surface area contributed by atoms with Crippen LogP contribution < -0.4 is 5.56 Å². The van der Waals surface area contributed by atoms with E-state index < -0.39 is 22.8 Å². The third-order valence-electron chi connectivity index (χ3n) is 3.93. The molecule has 1 aromatic heterocycles. The van der Waals surface area contributed by atoms with Crippen LogP contribution in [0.1, 0.15) is 22.3 Å². The first kappa shape index (κ1) is 17.8. The molecule has 3 rings (SSSR count). The van der Waals surface area contributed by atoms with Crippen LogP contribution >= 0.6 is 11.6 Å². The van der Waals surface area contributed by atoms with E-state index >= 15 is 0 Å². The first-order chi connectivity index (χ1) is 12.5. The van der Waals surface area contributed by atoms with Gasteiger partial charge >= 0.3 is 5.97 Å². The van der Waals surface area contributed by atoms with Crippen LogP contribution in [0, 0.1) is 0 Å². The molecule has 0 aliphatic carbocycles. The zero-order valence-corrected chi connectivity index (χ0v) is 14.4. The van der Waals surface area contributed by atoms with Crippen molar-refractivity contribution in [3.63, 3.8) is 0 Å². The molecular weight excluding hydrogens is 358 g/mol. The van der Waals surface area contributed by atoms with Crippen LogP contribution in [0.2, 0.25) is 5.02 Å². The lowest BCUT2D eigenvalue weighted by Crippen LogP contribution is -2.20. The molecule has 0 aliphatic heterocycles. The Morgan fingerprint density at radius 2 is 1.85 bits per heavy atom. The zero-order valence-electron chi connectivity index (χ0n) is 13.7. The second-order valence-corrected chi connectivity index (χ2v) is 6.21. The molecule has 0 amide bonds. The number of hydrogen-bond acceptors (Lipinski definition) is 5. The summed E-state index contributed by atoms with van der Waals surface area (Å²) in [5, 5.41) is 20.2. The van der Waals surface area contributed by atoms with Crippen molar-refractivity contribution in [3.05, 3.63) is 69.0 Å². The minimum absolute atomic E-state index is 0.0945. The minimum atomic E-state index is -0.883. The number of aromatic hydroxyl groups is 2. The third kappa shape index (κ3) is 3.81. The van der Waals surface area contributed by atoms with Gasteiger partial charge in [-0.1, -0.05) is 23.7 Å². The summed E-state index contributed by atoms with van der Waals surface area (Å²) < 4.78 is 5.11. The van der Waals surface area contributed by atoms with Crippen LogP contribution in [0.15, 0.2) is 47.3 Å². The number of ether oxygens (including phenoxy) is 1. The predicted molar refractivity (Wildman–Crippen MR) is 98.0 cm³/mol. The van der Waals surface area contributed by atoms with E-state index in [0.717, 1.165) is 5.56 Å². The maximum Gasteiger partial charge on any atom is 0.347 e. The van der Waals surface area contributed by atoms with Gasteiger partial charge in [-0.25, -0.2) is 4.79 Å². The molecule has 0 unspecified atom stereocenters. The van der Waals surface area contributed by atoms with Gasteiger partial charge < -0.3 is 19.9 Å². The molecule has 1 heterocycles. The number of carbonyl (C=O) groups is 1. The molecule has 2 aromatic carbocycles. The van der Waals surface area contributed by atoms with Gasteiger partial charge in [-0.05, 0) is 48.7 Å². The van der Waals surface area contributed by atoms with Crippen LogP contribution in [0.25, 0.3) is 10.9 Å². The van der Waals surface area contributed by atoms with Gasteiger partial charge in [-0.2, -0.15) is 0 Å². The average Bonchev–Trinajstić information content (AvgIpc) is 2.60. The number of hydrogen-bond donors (Lipinski definition) is 3. The molecule has 7 heteroatoms. The van der Waals surface area contributed by atoms with E-state index in [9.17, 15) is 19.8 Å². The third-order valence-corrected chi connectivity index (χ3v) is 4.17.